The van der Waals surface area contributed by atoms with E-state index in [1.165, 1.54) is 0 Å². The summed E-state index contributed by atoms with van der Waals surface area (Å²) in [4.78, 5) is 9.09. The Morgan fingerprint density at radius 3 is 2.56 bits per heavy atom. The van der Waals surface area contributed by atoms with Gasteiger partial charge in [-0.05, 0) is 69.3 Å². The summed E-state index contributed by atoms with van der Waals surface area (Å²) in [5.41, 5.74) is 4.19. The molecule has 1 aromatic carbocycles. The van der Waals surface area contributed by atoms with Gasteiger partial charge in [0.2, 0.25) is 5.95 Å². The maximum absolute atomic E-state index is 10.2. The highest BCUT2D eigenvalue weighted by atomic mass is 16.5. The van der Waals surface area contributed by atoms with Crippen molar-refractivity contribution in [2.45, 2.75) is 66.0 Å². The SMILES string of the molecule is CCC(CC)Nc1nc(Nc2cc(C)c3c(c2)C(C)(C)OB3O)ncc1C. The first kappa shape index (κ1) is 19.6. The number of anilines is 3. The number of fused-ring (bicyclic) bond motifs is 1. The Balaban J connectivity index is 1.89. The Kier molecular flexibility index (Phi) is 5.44. The molecule has 0 saturated carbocycles. The molecule has 3 rings (SSSR count). The van der Waals surface area contributed by atoms with Gasteiger partial charge in [-0.3, -0.25) is 0 Å². The Hall–Kier alpha value is -2.12. The molecule has 2 heterocycles. The zero-order valence-electron chi connectivity index (χ0n) is 17.1. The quantitative estimate of drug-likeness (QED) is 0.679. The number of hydrogen-bond acceptors (Lipinski definition) is 6. The number of aryl methyl sites for hydroxylation is 2. The second kappa shape index (κ2) is 7.48. The topological polar surface area (TPSA) is 79.3 Å². The minimum Gasteiger partial charge on any atom is -0.423 e. The summed E-state index contributed by atoms with van der Waals surface area (Å²) in [5.74, 6) is 1.41. The molecule has 0 atom stereocenters. The zero-order chi connectivity index (χ0) is 19.8. The van der Waals surface area contributed by atoms with Gasteiger partial charge in [0.05, 0.1) is 5.60 Å². The van der Waals surface area contributed by atoms with Crippen molar-refractivity contribution in [3.05, 3.63) is 35.0 Å². The van der Waals surface area contributed by atoms with Crippen molar-refractivity contribution in [2.75, 3.05) is 10.6 Å². The second-order valence-electron chi connectivity index (χ2n) is 7.74. The standard InChI is InChI=1S/C20H29BN4O2/c1-7-14(8-2)23-18-13(4)11-22-19(25-18)24-15-9-12(3)17-16(10-15)20(5,6)27-21(17)26/h9-11,14,26H,7-8H2,1-6H3,(H2,22,23,24,25). The third-order valence-electron chi connectivity index (χ3n) is 5.24. The van der Waals surface area contributed by atoms with E-state index in [1.54, 1.807) is 0 Å². The molecule has 0 saturated heterocycles. The predicted octanol–water partition coefficient (Wildman–Crippen LogP) is 3.39. The van der Waals surface area contributed by atoms with Crippen LogP contribution in [0.2, 0.25) is 0 Å². The van der Waals surface area contributed by atoms with Gasteiger partial charge in [-0.2, -0.15) is 4.98 Å². The first-order chi connectivity index (χ1) is 12.7. The van der Waals surface area contributed by atoms with Crippen LogP contribution in [0.15, 0.2) is 18.3 Å². The van der Waals surface area contributed by atoms with Crippen molar-refractivity contribution < 1.29 is 9.68 Å². The third-order valence-corrected chi connectivity index (χ3v) is 5.24. The monoisotopic (exact) mass is 368 g/mol. The van der Waals surface area contributed by atoms with E-state index in [1.807, 2.05) is 46.0 Å². The number of benzene rings is 1. The largest absolute Gasteiger partial charge is 0.492 e. The molecule has 1 aromatic heterocycles. The van der Waals surface area contributed by atoms with Crippen LogP contribution in [0.4, 0.5) is 17.5 Å². The summed E-state index contributed by atoms with van der Waals surface area (Å²) in [5, 5.41) is 17.0. The second-order valence-corrected chi connectivity index (χ2v) is 7.74. The van der Waals surface area contributed by atoms with Gasteiger partial charge in [-0.15, -0.1) is 0 Å². The van der Waals surface area contributed by atoms with E-state index in [9.17, 15) is 5.02 Å². The van der Waals surface area contributed by atoms with Crippen LogP contribution in [0.1, 0.15) is 57.2 Å². The first-order valence-electron chi connectivity index (χ1n) is 9.63. The van der Waals surface area contributed by atoms with Gasteiger partial charge in [-0.25, -0.2) is 4.98 Å². The fraction of sp³-hybridized carbons (Fsp3) is 0.500. The molecule has 1 aliphatic rings. The normalized spacial score (nSPS) is 15.2. The lowest BCUT2D eigenvalue weighted by molar-refractivity contribution is 0.101. The van der Waals surface area contributed by atoms with Crippen LogP contribution < -0.4 is 16.1 Å². The molecule has 6 nitrogen and oxygen atoms in total. The molecule has 1 aliphatic heterocycles. The van der Waals surface area contributed by atoms with E-state index in [4.69, 9.17) is 4.65 Å². The number of aromatic nitrogens is 2. The van der Waals surface area contributed by atoms with Crippen LogP contribution in [0.5, 0.6) is 0 Å². The smallest absolute Gasteiger partial charge is 0.423 e. The average Bonchev–Trinajstić information content (AvgIpc) is 2.84. The lowest BCUT2D eigenvalue weighted by atomic mass is 9.75. The molecule has 0 radical (unpaired) electrons. The summed E-state index contributed by atoms with van der Waals surface area (Å²) in [6.45, 7) is 12.3. The molecule has 0 spiro atoms. The maximum Gasteiger partial charge on any atom is 0.492 e. The Morgan fingerprint density at radius 2 is 1.89 bits per heavy atom. The van der Waals surface area contributed by atoms with Gasteiger partial charge in [0.1, 0.15) is 5.82 Å². The minimum absolute atomic E-state index is 0.396. The summed E-state index contributed by atoms with van der Waals surface area (Å²) in [6, 6.07) is 4.40. The van der Waals surface area contributed by atoms with E-state index in [2.05, 4.69) is 34.4 Å². The highest BCUT2D eigenvalue weighted by Crippen LogP contribution is 2.33. The van der Waals surface area contributed by atoms with Gasteiger partial charge in [0.25, 0.3) is 0 Å². The fourth-order valence-corrected chi connectivity index (χ4v) is 3.56. The van der Waals surface area contributed by atoms with Crippen molar-refractivity contribution in [1.29, 1.82) is 0 Å². The van der Waals surface area contributed by atoms with Crippen molar-refractivity contribution >= 4 is 30.0 Å². The van der Waals surface area contributed by atoms with Crippen LogP contribution in [0, 0.1) is 13.8 Å². The molecule has 7 heteroatoms. The zero-order valence-corrected chi connectivity index (χ0v) is 17.1. The minimum atomic E-state index is -0.879. The van der Waals surface area contributed by atoms with Crippen LogP contribution in [0.25, 0.3) is 0 Å². The molecular formula is C20H29BN4O2. The highest BCUT2D eigenvalue weighted by Gasteiger charge is 2.41. The van der Waals surface area contributed by atoms with Crippen molar-refractivity contribution in [1.82, 2.24) is 9.97 Å². The van der Waals surface area contributed by atoms with E-state index >= 15 is 0 Å². The summed E-state index contributed by atoms with van der Waals surface area (Å²) in [7, 11) is -0.879. The fourth-order valence-electron chi connectivity index (χ4n) is 3.56. The van der Waals surface area contributed by atoms with Crippen molar-refractivity contribution in [2.24, 2.45) is 0 Å². The molecule has 27 heavy (non-hydrogen) atoms. The van der Waals surface area contributed by atoms with Gasteiger partial charge in [0, 0.05) is 23.5 Å². The number of hydrogen-bond donors (Lipinski definition) is 3. The van der Waals surface area contributed by atoms with Crippen molar-refractivity contribution in [3.63, 3.8) is 0 Å². The number of nitrogens with zero attached hydrogens (tertiary/aromatic N) is 2. The predicted molar refractivity (Wildman–Crippen MR) is 111 cm³/mol. The molecule has 0 aliphatic carbocycles. The summed E-state index contributed by atoms with van der Waals surface area (Å²) in [6.07, 6.45) is 3.92. The lowest BCUT2D eigenvalue weighted by Gasteiger charge is -2.21. The molecule has 144 valence electrons. The highest BCUT2D eigenvalue weighted by molar-refractivity contribution is 6.62. The summed E-state index contributed by atoms with van der Waals surface area (Å²) >= 11 is 0. The maximum atomic E-state index is 10.2. The molecule has 3 N–H and O–H groups in total. The molecule has 0 bridgehead atoms. The molecule has 0 fully saturated rings. The van der Waals surface area contributed by atoms with Crippen LogP contribution in [-0.2, 0) is 10.3 Å². The Labute approximate surface area is 161 Å². The van der Waals surface area contributed by atoms with E-state index < -0.39 is 12.7 Å². The van der Waals surface area contributed by atoms with E-state index in [-0.39, 0.29) is 0 Å². The number of nitrogens with one attached hydrogen (secondary N) is 2. The first-order valence-corrected chi connectivity index (χ1v) is 9.63. The molecule has 0 unspecified atom stereocenters. The average molecular weight is 368 g/mol. The van der Waals surface area contributed by atoms with Crippen LogP contribution in [0.3, 0.4) is 0 Å². The van der Waals surface area contributed by atoms with Crippen LogP contribution >= 0.6 is 0 Å². The van der Waals surface area contributed by atoms with Gasteiger partial charge in [0.15, 0.2) is 0 Å². The number of rotatable bonds is 6. The Morgan fingerprint density at radius 1 is 1.19 bits per heavy atom. The summed E-state index contributed by atoms with van der Waals surface area (Å²) < 4.78 is 5.69. The van der Waals surface area contributed by atoms with E-state index in [0.717, 1.165) is 46.5 Å². The van der Waals surface area contributed by atoms with E-state index in [0.29, 0.717) is 12.0 Å². The van der Waals surface area contributed by atoms with Gasteiger partial charge in [-0.1, -0.05) is 13.8 Å². The van der Waals surface area contributed by atoms with Crippen LogP contribution in [-0.4, -0.2) is 28.2 Å². The molecule has 0 amide bonds. The Bertz CT molecular complexity index is 837. The van der Waals surface area contributed by atoms with Gasteiger partial charge >= 0.3 is 7.12 Å². The lowest BCUT2D eigenvalue weighted by Crippen LogP contribution is -2.30. The van der Waals surface area contributed by atoms with Gasteiger partial charge < -0.3 is 20.3 Å². The third kappa shape index (κ3) is 3.94. The molecular weight excluding hydrogens is 339 g/mol. The molecule has 2 aromatic rings. The van der Waals surface area contributed by atoms with Crippen molar-refractivity contribution in [3.8, 4) is 0 Å².